The van der Waals surface area contributed by atoms with Crippen molar-refractivity contribution < 1.29 is 4.79 Å². The van der Waals surface area contributed by atoms with Gasteiger partial charge < -0.3 is 10.2 Å². The molecule has 1 amide bonds. The van der Waals surface area contributed by atoms with Crippen molar-refractivity contribution in [1.29, 1.82) is 0 Å². The Morgan fingerprint density at radius 3 is 2.83 bits per heavy atom. The van der Waals surface area contributed by atoms with Gasteiger partial charge in [-0.3, -0.25) is 4.79 Å². The summed E-state index contributed by atoms with van der Waals surface area (Å²) >= 11 is 5.96. The normalized spacial score (nSPS) is 33.0. The Labute approximate surface area is 149 Å². The lowest BCUT2D eigenvalue weighted by Crippen LogP contribution is -2.55. The van der Waals surface area contributed by atoms with Gasteiger partial charge in [0.05, 0.1) is 0 Å². The topological polar surface area (TPSA) is 32.3 Å². The van der Waals surface area contributed by atoms with Crippen LogP contribution in [0.15, 0.2) is 24.3 Å². The largest absolute Gasteiger partial charge is 0.337 e. The van der Waals surface area contributed by atoms with Gasteiger partial charge in [0.1, 0.15) is 0 Å². The Hall–Kier alpha value is -1.06. The minimum absolute atomic E-state index is 0.200. The molecule has 3 fully saturated rings. The second-order valence-electron chi connectivity index (χ2n) is 7.82. The Balaban J connectivity index is 1.41. The summed E-state index contributed by atoms with van der Waals surface area (Å²) < 4.78 is 0. The van der Waals surface area contributed by atoms with E-state index in [4.69, 9.17) is 11.6 Å². The first-order chi connectivity index (χ1) is 11.7. The van der Waals surface area contributed by atoms with E-state index in [9.17, 15) is 4.79 Å². The predicted octanol–water partition coefficient (Wildman–Crippen LogP) is 4.14. The zero-order valence-electron chi connectivity index (χ0n) is 14.3. The highest BCUT2D eigenvalue weighted by Gasteiger charge is 2.52. The summed E-state index contributed by atoms with van der Waals surface area (Å²) in [6.45, 7) is 1.91. The molecule has 1 saturated carbocycles. The van der Waals surface area contributed by atoms with Gasteiger partial charge in [0.25, 0.3) is 0 Å². The van der Waals surface area contributed by atoms with E-state index in [1.54, 1.807) is 0 Å². The van der Waals surface area contributed by atoms with Crippen LogP contribution in [0.2, 0.25) is 5.02 Å². The summed E-state index contributed by atoms with van der Waals surface area (Å²) in [4.78, 5) is 14.7. The minimum Gasteiger partial charge on any atom is -0.337 e. The fourth-order valence-electron chi connectivity index (χ4n) is 5.34. The van der Waals surface area contributed by atoms with Crippen LogP contribution in [0.25, 0.3) is 0 Å². The van der Waals surface area contributed by atoms with Crippen molar-refractivity contribution >= 4 is 17.5 Å². The van der Waals surface area contributed by atoms with Crippen LogP contribution in [-0.2, 0) is 11.3 Å². The van der Waals surface area contributed by atoms with Gasteiger partial charge in [0.15, 0.2) is 0 Å². The van der Waals surface area contributed by atoms with Crippen molar-refractivity contribution in [3.63, 3.8) is 0 Å². The van der Waals surface area contributed by atoms with E-state index in [1.807, 2.05) is 12.1 Å². The first-order valence-corrected chi connectivity index (χ1v) is 9.83. The number of carbonyl (C=O) groups excluding carboxylic acids is 1. The highest BCUT2D eigenvalue weighted by molar-refractivity contribution is 6.30. The van der Waals surface area contributed by atoms with Crippen molar-refractivity contribution in [3.05, 3.63) is 34.9 Å². The van der Waals surface area contributed by atoms with E-state index < -0.39 is 0 Å². The molecule has 1 N–H and O–H groups in total. The molecule has 1 spiro atoms. The Kier molecular flexibility index (Phi) is 4.57. The zero-order chi connectivity index (χ0) is 16.6. The number of rotatable bonds is 3. The number of amides is 1. The van der Waals surface area contributed by atoms with Crippen LogP contribution in [0.1, 0.15) is 56.9 Å². The van der Waals surface area contributed by atoms with E-state index in [-0.39, 0.29) is 5.54 Å². The molecule has 0 aromatic heterocycles. The summed E-state index contributed by atoms with van der Waals surface area (Å²) in [6.07, 6.45) is 9.08. The molecule has 1 aromatic rings. The van der Waals surface area contributed by atoms with Crippen molar-refractivity contribution in [2.75, 3.05) is 6.54 Å². The van der Waals surface area contributed by atoms with Gasteiger partial charge in [-0.05, 0) is 68.6 Å². The molecule has 24 heavy (non-hydrogen) atoms. The first kappa shape index (κ1) is 16.4. The third-order valence-electron chi connectivity index (χ3n) is 6.54. The second kappa shape index (κ2) is 6.68. The van der Waals surface area contributed by atoms with Gasteiger partial charge in [0.2, 0.25) is 5.91 Å². The summed E-state index contributed by atoms with van der Waals surface area (Å²) in [5.74, 6) is 1.10. The highest BCUT2D eigenvalue weighted by atomic mass is 35.5. The molecule has 3 aliphatic rings. The molecule has 0 bridgehead atoms. The summed E-state index contributed by atoms with van der Waals surface area (Å²) in [5, 5.41) is 4.55. The summed E-state index contributed by atoms with van der Waals surface area (Å²) in [5.41, 5.74) is 1.49. The summed E-state index contributed by atoms with van der Waals surface area (Å²) in [6, 6.07) is 8.70. The van der Waals surface area contributed by atoms with Crippen LogP contribution in [0.3, 0.4) is 0 Å². The molecule has 4 rings (SSSR count). The smallest absolute Gasteiger partial charge is 0.223 e. The molecule has 2 heterocycles. The molecular formula is C20H27ClN2O. The lowest BCUT2D eigenvalue weighted by atomic mass is 9.68. The average Bonchev–Trinajstić information content (AvgIpc) is 2.96. The maximum Gasteiger partial charge on any atom is 0.223 e. The van der Waals surface area contributed by atoms with Gasteiger partial charge in [-0.2, -0.15) is 0 Å². The van der Waals surface area contributed by atoms with E-state index >= 15 is 0 Å². The molecule has 2 aliphatic heterocycles. The van der Waals surface area contributed by atoms with Crippen LogP contribution < -0.4 is 5.32 Å². The average molecular weight is 347 g/mol. The SMILES string of the molecule is O=C1CCC[C@H]2C[C@H](NCc3ccc(Cl)cc3)CC[C@]23CCCN13. The lowest BCUT2D eigenvalue weighted by Gasteiger charge is -2.48. The highest BCUT2D eigenvalue weighted by Crippen LogP contribution is 2.49. The first-order valence-electron chi connectivity index (χ1n) is 9.46. The standard InChI is InChI=1S/C20H27ClN2O/c21-17-7-5-15(6-8-17)14-22-18-9-11-20-10-2-12-23(20)19(24)4-1-3-16(20)13-18/h5-8,16,18,22H,1-4,9-14H2/t16-,18+,20+/m0/s1. The fourth-order valence-corrected chi connectivity index (χ4v) is 5.46. The number of hydrogen-bond donors (Lipinski definition) is 1. The lowest BCUT2D eigenvalue weighted by molar-refractivity contribution is -0.137. The number of nitrogens with zero attached hydrogens (tertiary/aromatic N) is 1. The Bertz CT molecular complexity index is 602. The van der Waals surface area contributed by atoms with Gasteiger partial charge in [-0.1, -0.05) is 23.7 Å². The van der Waals surface area contributed by atoms with E-state index in [0.717, 1.165) is 31.0 Å². The molecule has 2 saturated heterocycles. The zero-order valence-corrected chi connectivity index (χ0v) is 15.0. The van der Waals surface area contributed by atoms with E-state index in [2.05, 4.69) is 22.3 Å². The molecule has 0 unspecified atom stereocenters. The third-order valence-corrected chi connectivity index (χ3v) is 6.79. The number of halogens is 1. The van der Waals surface area contributed by atoms with Crippen LogP contribution in [0.5, 0.6) is 0 Å². The fraction of sp³-hybridized carbons (Fsp3) is 0.650. The van der Waals surface area contributed by atoms with Crippen molar-refractivity contribution in [2.45, 2.75) is 69.5 Å². The van der Waals surface area contributed by atoms with E-state index in [1.165, 1.54) is 44.1 Å². The van der Waals surface area contributed by atoms with Crippen LogP contribution >= 0.6 is 11.6 Å². The third kappa shape index (κ3) is 2.97. The molecule has 1 aromatic carbocycles. The van der Waals surface area contributed by atoms with Gasteiger partial charge >= 0.3 is 0 Å². The minimum atomic E-state index is 0.200. The Morgan fingerprint density at radius 2 is 2.00 bits per heavy atom. The maximum atomic E-state index is 12.5. The van der Waals surface area contributed by atoms with Gasteiger partial charge in [-0.15, -0.1) is 0 Å². The number of nitrogens with one attached hydrogen (secondary N) is 1. The number of benzene rings is 1. The maximum absolute atomic E-state index is 12.5. The van der Waals surface area contributed by atoms with Gasteiger partial charge in [-0.25, -0.2) is 0 Å². The van der Waals surface area contributed by atoms with Crippen molar-refractivity contribution in [2.24, 2.45) is 5.92 Å². The van der Waals surface area contributed by atoms with Crippen LogP contribution in [0, 0.1) is 5.92 Å². The monoisotopic (exact) mass is 346 g/mol. The van der Waals surface area contributed by atoms with Crippen LogP contribution in [-0.4, -0.2) is 28.9 Å². The molecular weight excluding hydrogens is 320 g/mol. The summed E-state index contributed by atoms with van der Waals surface area (Å²) in [7, 11) is 0. The predicted molar refractivity (Wildman–Crippen MR) is 96.9 cm³/mol. The molecule has 130 valence electrons. The van der Waals surface area contributed by atoms with Crippen molar-refractivity contribution in [1.82, 2.24) is 10.2 Å². The van der Waals surface area contributed by atoms with E-state index in [0.29, 0.717) is 17.9 Å². The Morgan fingerprint density at radius 1 is 1.17 bits per heavy atom. The quantitative estimate of drug-likeness (QED) is 0.892. The molecule has 3 nitrogen and oxygen atoms in total. The van der Waals surface area contributed by atoms with Gasteiger partial charge in [0, 0.05) is 36.1 Å². The molecule has 3 atom stereocenters. The number of carbonyl (C=O) groups is 1. The second-order valence-corrected chi connectivity index (χ2v) is 8.26. The molecule has 4 heteroatoms. The van der Waals surface area contributed by atoms with Crippen molar-refractivity contribution in [3.8, 4) is 0 Å². The molecule has 1 aliphatic carbocycles. The number of hydrogen-bond acceptors (Lipinski definition) is 2. The van der Waals surface area contributed by atoms with Crippen LogP contribution in [0.4, 0.5) is 0 Å². The molecule has 0 radical (unpaired) electrons.